The van der Waals surface area contributed by atoms with E-state index in [4.69, 9.17) is 11.6 Å². The van der Waals surface area contributed by atoms with Gasteiger partial charge < -0.3 is 4.57 Å². The van der Waals surface area contributed by atoms with Crippen molar-refractivity contribution in [2.75, 3.05) is 5.88 Å². The average molecular weight is 263 g/mol. The Morgan fingerprint density at radius 1 is 1.39 bits per heavy atom. The lowest BCUT2D eigenvalue weighted by Crippen LogP contribution is -2.05. The summed E-state index contributed by atoms with van der Waals surface area (Å²) < 4.78 is 2.04. The van der Waals surface area contributed by atoms with Crippen LogP contribution in [0, 0.1) is 20.8 Å². The van der Waals surface area contributed by atoms with E-state index in [1.54, 1.807) is 6.20 Å². The Morgan fingerprint density at radius 2 is 2.11 bits per heavy atom. The summed E-state index contributed by atoms with van der Waals surface area (Å²) in [5.41, 5.74) is 4.73. The second-order valence-corrected chi connectivity index (χ2v) is 4.61. The SMILES string of the molecule is Cc1ccncc1-n1c(C)cc(C(=O)CCl)c1C. The fourth-order valence-corrected chi connectivity index (χ4v) is 2.32. The highest BCUT2D eigenvalue weighted by molar-refractivity contribution is 6.30. The molecule has 0 radical (unpaired) electrons. The van der Waals surface area contributed by atoms with Crippen molar-refractivity contribution in [3.63, 3.8) is 0 Å². The first kappa shape index (κ1) is 12.8. The zero-order chi connectivity index (χ0) is 13.3. The van der Waals surface area contributed by atoms with E-state index in [0.717, 1.165) is 22.6 Å². The number of Topliss-reactive ketones (excluding diaryl/α,β-unsaturated/α-hetero) is 1. The van der Waals surface area contributed by atoms with E-state index in [9.17, 15) is 4.79 Å². The molecule has 0 saturated heterocycles. The summed E-state index contributed by atoms with van der Waals surface area (Å²) in [4.78, 5) is 15.9. The Bertz CT molecular complexity index is 602. The fraction of sp³-hybridized carbons (Fsp3) is 0.286. The molecule has 2 rings (SSSR count). The lowest BCUT2D eigenvalue weighted by molar-refractivity contribution is 0.102. The Balaban J connectivity index is 2.63. The molecular formula is C14H15ClN2O. The largest absolute Gasteiger partial charge is 0.316 e. The number of alkyl halides is 1. The van der Waals surface area contributed by atoms with Crippen LogP contribution in [-0.2, 0) is 0 Å². The van der Waals surface area contributed by atoms with Crippen molar-refractivity contribution in [3.05, 3.63) is 47.0 Å². The van der Waals surface area contributed by atoms with Gasteiger partial charge in [0.05, 0.1) is 17.8 Å². The van der Waals surface area contributed by atoms with Gasteiger partial charge in [0.15, 0.2) is 5.78 Å². The predicted octanol–water partition coefficient (Wildman–Crippen LogP) is 3.22. The van der Waals surface area contributed by atoms with Crippen LogP contribution in [0.5, 0.6) is 0 Å². The van der Waals surface area contributed by atoms with Gasteiger partial charge in [-0.05, 0) is 38.5 Å². The van der Waals surface area contributed by atoms with E-state index in [1.807, 2.05) is 43.7 Å². The van der Waals surface area contributed by atoms with E-state index in [2.05, 4.69) is 4.98 Å². The Kier molecular flexibility index (Phi) is 3.53. The second-order valence-electron chi connectivity index (χ2n) is 4.34. The van der Waals surface area contributed by atoms with Crippen LogP contribution in [0.3, 0.4) is 0 Å². The van der Waals surface area contributed by atoms with Crippen molar-refractivity contribution in [1.29, 1.82) is 0 Å². The van der Waals surface area contributed by atoms with Gasteiger partial charge >= 0.3 is 0 Å². The molecule has 2 aromatic rings. The van der Waals surface area contributed by atoms with E-state index in [0.29, 0.717) is 5.56 Å². The van der Waals surface area contributed by atoms with Gasteiger partial charge in [0.25, 0.3) is 0 Å². The molecule has 0 aromatic carbocycles. The maximum Gasteiger partial charge on any atom is 0.179 e. The molecule has 0 N–H and O–H groups in total. The maximum absolute atomic E-state index is 11.8. The number of aryl methyl sites for hydroxylation is 2. The zero-order valence-electron chi connectivity index (χ0n) is 10.7. The second kappa shape index (κ2) is 4.94. The first-order valence-corrected chi connectivity index (χ1v) is 6.28. The molecule has 0 atom stereocenters. The molecule has 0 amide bonds. The third kappa shape index (κ3) is 2.06. The minimum absolute atomic E-state index is 0.0102. The van der Waals surface area contributed by atoms with Crippen LogP contribution in [0.2, 0.25) is 0 Å². The van der Waals surface area contributed by atoms with Crippen LogP contribution in [-0.4, -0.2) is 21.2 Å². The van der Waals surface area contributed by atoms with Crippen molar-refractivity contribution in [1.82, 2.24) is 9.55 Å². The van der Waals surface area contributed by atoms with Crippen molar-refractivity contribution in [2.45, 2.75) is 20.8 Å². The van der Waals surface area contributed by atoms with E-state index < -0.39 is 0 Å². The average Bonchev–Trinajstić information content (AvgIpc) is 2.65. The number of rotatable bonds is 3. The monoisotopic (exact) mass is 262 g/mol. The molecule has 0 spiro atoms. The summed E-state index contributed by atoms with van der Waals surface area (Å²) >= 11 is 5.63. The maximum atomic E-state index is 11.8. The molecule has 0 aliphatic rings. The van der Waals surface area contributed by atoms with E-state index in [-0.39, 0.29) is 11.7 Å². The molecule has 4 heteroatoms. The molecular weight excluding hydrogens is 248 g/mol. The predicted molar refractivity (Wildman–Crippen MR) is 72.8 cm³/mol. The molecule has 0 bridgehead atoms. The third-order valence-corrected chi connectivity index (χ3v) is 3.35. The number of pyridine rings is 1. The number of aromatic nitrogens is 2. The molecule has 2 heterocycles. The topological polar surface area (TPSA) is 34.9 Å². The molecule has 0 saturated carbocycles. The van der Waals surface area contributed by atoms with Crippen molar-refractivity contribution in [2.24, 2.45) is 0 Å². The van der Waals surface area contributed by atoms with Crippen LogP contribution in [0.1, 0.15) is 27.3 Å². The normalized spacial score (nSPS) is 10.7. The van der Waals surface area contributed by atoms with Crippen molar-refractivity contribution in [3.8, 4) is 5.69 Å². The number of hydrogen-bond donors (Lipinski definition) is 0. The quantitative estimate of drug-likeness (QED) is 0.629. The fourth-order valence-electron chi connectivity index (χ4n) is 2.18. The number of halogens is 1. The first-order chi connectivity index (χ1) is 8.56. The summed E-state index contributed by atoms with van der Waals surface area (Å²) in [6, 6.07) is 3.84. The molecule has 0 aliphatic heterocycles. The summed E-state index contributed by atoms with van der Waals surface area (Å²) in [7, 11) is 0. The number of ketones is 1. The Morgan fingerprint density at radius 3 is 2.72 bits per heavy atom. The van der Waals surface area contributed by atoms with Crippen LogP contribution in [0.4, 0.5) is 0 Å². The van der Waals surface area contributed by atoms with Crippen LogP contribution < -0.4 is 0 Å². The van der Waals surface area contributed by atoms with Gasteiger partial charge in [-0.3, -0.25) is 9.78 Å². The first-order valence-electron chi connectivity index (χ1n) is 5.75. The number of nitrogens with zero attached hydrogens (tertiary/aromatic N) is 2. The Hall–Kier alpha value is -1.61. The Labute approximate surface area is 111 Å². The van der Waals surface area contributed by atoms with Crippen molar-refractivity contribution < 1.29 is 4.79 Å². The summed E-state index contributed by atoms with van der Waals surface area (Å²) in [6.45, 7) is 5.93. The van der Waals surface area contributed by atoms with Crippen LogP contribution >= 0.6 is 11.6 Å². The third-order valence-electron chi connectivity index (χ3n) is 3.11. The van der Waals surface area contributed by atoms with Gasteiger partial charge in [0.2, 0.25) is 0 Å². The number of carbonyl (C=O) groups excluding carboxylic acids is 1. The summed E-state index contributed by atoms with van der Waals surface area (Å²) in [6.07, 6.45) is 3.57. The van der Waals surface area contributed by atoms with Gasteiger partial charge in [0, 0.05) is 23.1 Å². The molecule has 0 unspecified atom stereocenters. The summed E-state index contributed by atoms with van der Waals surface area (Å²) in [5, 5.41) is 0. The van der Waals surface area contributed by atoms with Gasteiger partial charge in [0.1, 0.15) is 0 Å². The molecule has 0 fully saturated rings. The number of carbonyl (C=O) groups is 1. The highest BCUT2D eigenvalue weighted by atomic mass is 35.5. The highest BCUT2D eigenvalue weighted by Crippen LogP contribution is 2.23. The smallest absolute Gasteiger partial charge is 0.179 e. The summed E-state index contributed by atoms with van der Waals surface area (Å²) in [5.74, 6) is -0.0337. The highest BCUT2D eigenvalue weighted by Gasteiger charge is 2.16. The molecule has 0 aliphatic carbocycles. The van der Waals surface area contributed by atoms with Gasteiger partial charge in [-0.1, -0.05) is 0 Å². The minimum atomic E-state index is -0.0439. The number of hydrogen-bond acceptors (Lipinski definition) is 2. The molecule has 2 aromatic heterocycles. The van der Waals surface area contributed by atoms with E-state index >= 15 is 0 Å². The molecule has 94 valence electrons. The minimum Gasteiger partial charge on any atom is -0.316 e. The standard InChI is InChI=1S/C14H15ClN2O/c1-9-4-5-16-8-13(9)17-10(2)6-12(11(17)3)14(18)7-15/h4-6,8H,7H2,1-3H3. The van der Waals surface area contributed by atoms with Crippen LogP contribution in [0.15, 0.2) is 24.5 Å². The van der Waals surface area contributed by atoms with Gasteiger partial charge in [-0.2, -0.15) is 0 Å². The molecule has 18 heavy (non-hydrogen) atoms. The zero-order valence-corrected chi connectivity index (χ0v) is 11.5. The van der Waals surface area contributed by atoms with E-state index in [1.165, 1.54) is 0 Å². The molecule has 3 nitrogen and oxygen atoms in total. The van der Waals surface area contributed by atoms with Crippen molar-refractivity contribution >= 4 is 17.4 Å². The van der Waals surface area contributed by atoms with Crippen LogP contribution in [0.25, 0.3) is 5.69 Å². The van der Waals surface area contributed by atoms with Gasteiger partial charge in [-0.25, -0.2) is 0 Å². The van der Waals surface area contributed by atoms with Gasteiger partial charge in [-0.15, -0.1) is 11.6 Å². The lowest BCUT2D eigenvalue weighted by Gasteiger charge is -2.11. The lowest BCUT2D eigenvalue weighted by atomic mass is 10.2.